The molecule has 0 aliphatic heterocycles. The third-order valence-electron chi connectivity index (χ3n) is 1.78. The predicted octanol–water partition coefficient (Wildman–Crippen LogP) is 0.461. The highest BCUT2D eigenvalue weighted by molar-refractivity contribution is 5.48. The second-order valence-electron chi connectivity index (χ2n) is 2.90. The smallest absolute Gasteiger partial charge is 0.155 e. The summed E-state index contributed by atoms with van der Waals surface area (Å²) < 4.78 is 5.08. The zero-order valence-electron chi connectivity index (χ0n) is 7.98. The van der Waals surface area contributed by atoms with Gasteiger partial charge < -0.3 is 19.7 Å². The Balaban J connectivity index is 3.47. The SMILES string of the molecule is CCC(CO)OC(O)CCCC=O. The van der Waals surface area contributed by atoms with Crippen molar-refractivity contribution in [1.29, 1.82) is 0 Å². The first kappa shape index (κ1) is 12.6. The van der Waals surface area contributed by atoms with Crippen LogP contribution in [0.25, 0.3) is 0 Å². The average Bonchev–Trinajstić information content (AvgIpc) is 2.14. The Morgan fingerprint density at radius 2 is 2.23 bits per heavy atom. The van der Waals surface area contributed by atoms with Crippen molar-refractivity contribution in [3.05, 3.63) is 0 Å². The van der Waals surface area contributed by atoms with Crippen LogP contribution in [0.15, 0.2) is 0 Å². The first-order chi connectivity index (χ1) is 6.24. The summed E-state index contributed by atoms with van der Waals surface area (Å²) in [5.74, 6) is 0. The van der Waals surface area contributed by atoms with Crippen LogP contribution in [-0.2, 0) is 9.53 Å². The Bertz CT molecular complexity index is 123. The fourth-order valence-electron chi connectivity index (χ4n) is 0.934. The second kappa shape index (κ2) is 8.16. The summed E-state index contributed by atoms with van der Waals surface area (Å²) in [6.07, 6.45) is 1.82. The molecule has 2 atom stereocenters. The van der Waals surface area contributed by atoms with Gasteiger partial charge in [-0.3, -0.25) is 0 Å². The number of aldehydes is 1. The highest BCUT2D eigenvalue weighted by Gasteiger charge is 2.10. The van der Waals surface area contributed by atoms with Gasteiger partial charge in [0.2, 0.25) is 0 Å². The van der Waals surface area contributed by atoms with E-state index in [-0.39, 0.29) is 12.7 Å². The van der Waals surface area contributed by atoms with Crippen molar-refractivity contribution >= 4 is 6.29 Å². The number of carbonyl (C=O) groups is 1. The quantitative estimate of drug-likeness (QED) is 0.331. The molecule has 0 rings (SSSR count). The van der Waals surface area contributed by atoms with E-state index in [1.807, 2.05) is 6.92 Å². The van der Waals surface area contributed by atoms with Gasteiger partial charge >= 0.3 is 0 Å². The molecule has 0 fully saturated rings. The summed E-state index contributed by atoms with van der Waals surface area (Å²) in [5.41, 5.74) is 0. The van der Waals surface area contributed by atoms with E-state index in [2.05, 4.69) is 0 Å². The lowest BCUT2D eigenvalue weighted by molar-refractivity contribution is -0.150. The molecule has 4 heteroatoms. The van der Waals surface area contributed by atoms with Crippen molar-refractivity contribution in [2.75, 3.05) is 6.61 Å². The zero-order chi connectivity index (χ0) is 10.1. The Labute approximate surface area is 78.5 Å². The predicted molar refractivity (Wildman–Crippen MR) is 48.2 cm³/mol. The molecule has 0 spiro atoms. The van der Waals surface area contributed by atoms with Crippen LogP contribution >= 0.6 is 0 Å². The summed E-state index contributed by atoms with van der Waals surface area (Å²) in [4.78, 5) is 9.96. The molecule has 0 saturated heterocycles. The number of unbranched alkanes of at least 4 members (excludes halogenated alkanes) is 1. The third kappa shape index (κ3) is 6.69. The van der Waals surface area contributed by atoms with Crippen molar-refractivity contribution in [2.45, 2.75) is 45.0 Å². The number of rotatable bonds is 8. The monoisotopic (exact) mass is 190 g/mol. The minimum Gasteiger partial charge on any atom is -0.394 e. The Kier molecular flexibility index (Phi) is 7.88. The summed E-state index contributed by atoms with van der Waals surface area (Å²) in [7, 11) is 0. The van der Waals surface area contributed by atoms with Gasteiger partial charge in [-0.1, -0.05) is 6.92 Å². The Hall–Kier alpha value is -0.450. The van der Waals surface area contributed by atoms with E-state index >= 15 is 0 Å². The van der Waals surface area contributed by atoms with E-state index < -0.39 is 6.29 Å². The maximum Gasteiger partial charge on any atom is 0.155 e. The number of ether oxygens (including phenoxy) is 1. The van der Waals surface area contributed by atoms with Crippen LogP contribution in [0.3, 0.4) is 0 Å². The second-order valence-corrected chi connectivity index (χ2v) is 2.90. The minimum absolute atomic E-state index is 0.0821. The van der Waals surface area contributed by atoms with E-state index in [9.17, 15) is 9.90 Å². The molecule has 0 aliphatic rings. The summed E-state index contributed by atoms with van der Waals surface area (Å²) in [6.45, 7) is 1.79. The van der Waals surface area contributed by atoms with Crippen LogP contribution < -0.4 is 0 Å². The van der Waals surface area contributed by atoms with E-state index in [1.165, 1.54) is 0 Å². The molecule has 0 aromatic heterocycles. The van der Waals surface area contributed by atoms with Gasteiger partial charge in [-0.25, -0.2) is 0 Å². The topological polar surface area (TPSA) is 66.8 Å². The lowest BCUT2D eigenvalue weighted by atomic mass is 10.2. The third-order valence-corrected chi connectivity index (χ3v) is 1.78. The van der Waals surface area contributed by atoms with Crippen LogP contribution in [0.2, 0.25) is 0 Å². The number of hydrogen-bond acceptors (Lipinski definition) is 4. The molecule has 2 unspecified atom stereocenters. The van der Waals surface area contributed by atoms with Crippen molar-refractivity contribution in [1.82, 2.24) is 0 Å². The lowest BCUT2D eigenvalue weighted by Gasteiger charge is -2.17. The maximum absolute atomic E-state index is 9.96. The standard InChI is InChI=1S/C9H18O4/c1-2-8(7-11)13-9(12)5-3-4-6-10/h6,8-9,11-12H,2-5,7H2,1H3. The molecule has 0 aliphatic carbocycles. The van der Waals surface area contributed by atoms with E-state index in [1.54, 1.807) is 0 Å². The number of carbonyl (C=O) groups excluding carboxylic acids is 1. The molecule has 0 saturated carbocycles. The average molecular weight is 190 g/mol. The van der Waals surface area contributed by atoms with Crippen LogP contribution in [0.4, 0.5) is 0 Å². The molecular weight excluding hydrogens is 172 g/mol. The Morgan fingerprint density at radius 3 is 2.69 bits per heavy atom. The van der Waals surface area contributed by atoms with Gasteiger partial charge in [-0.2, -0.15) is 0 Å². The molecule has 78 valence electrons. The first-order valence-electron chi connectivity index (χ1n) is 4.62. The molecule has 13 heavy (non-hydrogen) atoms. The lowest BCUT2D eigenvalue weighted by Crippen LogP contribution is -2.24. The van der Waals surface area contributed by atoms with Crippen molar-refractivity contribution in [3.8, 4) is 0 Å². The summed E-state index contributed by atoms with van der Waals surface area (Å²) >= 11 is 0. The fraction of sp³-hybridized carbons (Fsp3) is 0.889. The number of aliphatic hydroxyl groups is 2. The highest BCUT2D eigenvalue weighted by Crippen LogP contribution is 2.06. The van der Waals surface area contributed by atoms with Gasteiger partial charge in [0.1, 0.15) is 6.29 Å². The summed E-state index contributed by atoms with van der Waals surface area (Å²) in [5, 5.41) is 18.0. The maximum atomic E-state index is 9.96. The Morgan fingerprint density at radius 1 is 1.54 bits per heavy atom. The van der Waals surface area contributed by atoms with Gasteiger partial charge in [0, 0.05) is 6.42 Å². The van der Waals surface area contributed by atoms with Crippen LogP contribution in [0.5, 0.6) is 0 Å². The highest BCUT2D eigenvalue weighted by atomic mass is 16.6. The van der Waals surface area contributed by atoms with Crippen LogP contribution in [-0.4, -0.2) is 35.5 Å². The molecule has 0 aromatic rings. The van der Waals surface area contributed by atoms with E-state index in [0.29, 0.717) is 25.7 Å². The molecule has 2 N–H and O–H groups in total. The zero-order valence-corrected chi connectivity index (χ0v) is 7.98. The van der Waals surface area contributed by atoms with Gasteiger partial charge in [0.25, 0.3) is 0 Å². The largest absolute Gasteiger partial charge is 0.394 e. The molecule has 4 nitrogen and oxygen atoms in total. The van der Waals surface area contributed by atoms with Crippen molar-refractivity contribution < 1.29 is 19.7 Å². The van der Waals surface area contributed by atoms with Crippen LogP contribution in [0, 0.1) is 0 Å². The molecule has 0 radical (unpaired) electrons. The molecule has 0 amide bonds. The summed E-state index contributed by atoms with van der Waals surface area (Å²) in [6, 6.07) is 0. The van der Waals surface area contributed by atoms with Gasteiger partial charge in [-0.15, -0.1) is 0 Å². The molecule has 0 bridgehead atoms. The van der Waals surface area contributed by atoms with Gasteiger partial charge in [0.15, 0.2) is 6.29 Å². The van der Waals surface area contributed by atoms with E-state index in [4.69, 9.17) is 9.84 Å². The van der Waals surface area contributed by atoms with Gasteiger partial charge in [-0.05, 0) is 19.3 Å². The van der Waals surface area contributed by atoms with Crippen molar-refractivity contribution in [3.63, 3.8) is 0 Å². The number of hydrogen-bond donors (Lipinski definition) is 2. The minimum atomic E-state index is -0.864. The number of aliphatic hydroxyl groups excluding tert-OH is 2. The van der Waals surface area contributed by atoms with Crippen molar-refractivity contribution in [2.24, 2.45) is 0 Å². The van der Waals surface area contributed by atoms with E-state index in [0.717, 1.165) is 6.29 Å². The van der Waals surface area contributed by atoms with Crippen LogP contribution in [0.1, 0.15) is 32.6 Å². The molecule has 0 aromatic carbocycles. The first-order valence-corrected chi connectivity index (χ1v) is 4.62. The molecular formula is C9H18O4. The normalized spacial score (nSPS) is 15.3. The fourth-order valence-corrected chi connectivity index (χ4v) is 0.934. The molecule has 0 heterocycles. The van der Waals surface area contributed by atoms with Gasteiger partial charge in [0.05, 0.1) is 12.7 Å².